The van der Waals surface area contributed by atoms with Crippen LogP contribution in [0.5, 0.6) is 0 Å². The number of aryl methyl sites for hydroxylation is 1. The molecule has 2 atom stereocenters. The number of nitrogens with one attached hydrogen (secondary N) is 1. The standard InChI is InChI=1S/C14H20ClN/c1-11-8-9-16-14(10-11)7-4-12-2-5-13(15)6-3-12/h2-3,5-6,11,14,16H,4,7-10H2,1H3. The van der Waals surface area contributed by atoms with Gasteiger partial charge in [-0.3, -0.25) is 0 Å². The van der Waals surface area contributed by atoms with Crippen molar-refractivity contribution in [3.63, 3.8) is 0 Å². The molecular weight excluding hydrogens is 218 g/mol. The number of piperidine rings is 1. The Hall–Kier alpha value is -0.530. The van der Waals surface area contributed by atoms with Crippen molar-refractivity contribution in [3.8, 4) is 0 Å². The minimum absolute atomic E-state index is 0.708. The van der Waals surface area contributed by atoms with Crippen molar-refractivity contribution < 1.29 is 0 Å². The summed E-state index contributed by atoms with van der Waals surface area (Å²) in [5.41, 5.74) is 1.39. The van der Waals surface area contributed by atoms with Gasteiger partial charge < -0.3 is 5.32 Å². The van der Waals surface area contributed by atoms with Crippen molar-refractivity contribution in [2.75, 3.05) is 6.54 Å². The summed E-state index contributed by atoms with van der Waals surface area (Å²) < 4.78 is 0. The Bertz CT molecular complexity index is 320. The van der Waals surface area contributed by atoms with Crippen LogP contribution in [-0.4, -0.2) is 12.6 Å². The zero-order valence-electron chi connectivity index (χ0n) is 9.88. The van der Waals surface area contributed by atoms with Gasteiger partial charge in [-0.1, -0.05) is 30.7 Å². The van der Waals surface area contributed by atoms with Crippen molar-refractivity contribution in [1.82, 2.24) is 5.32 Å². The predicted octanol–water partition coefficient (Wildman–Crippen LogP) is 3.66. The van der Waals surface area contributed by atoms with Gasteiger partial charge in [0, 0.05) is 11.1 Å². The van der Waals surface area contributed by atoms with E-state index < -0.39 is 0 Å². The molecule has 1 aromatic carbocycles. The van der Waals surface area contributed by atoms with E-state index in [9.17, 15) is 0 Å². The quantitative estimate of drug-likeness (QED) is 0.846. The van der Waals surface area contributed by atoms with E-state index in [0.717, 1.165) is 17.4 Å². The lowest BCUT2D eigenvalue weighted by Crippen LogP contribution is -2.37. The third kappa shape index (κ3) is 3.50. The Labute approximate surface area is 103 Å². The SMILES string of the molecule is CC1CCNC(CCc2ccc(Cl)cc2)C1. The van der Waals surface area contributed by atoms with Crippen molar-refractivity contribution in [2.45, 2.75) is 38.6 Å². The van der Waals surface area contributed by atoms with E-state index in [2.05, 4.69) is 24.4 Å². The average Bonchev–Trinajstić information content (AvgIpc) is 2.28. The second-order valence-corrected chi connectivity index (χ2v) is 5.38. The van der Waals surface area contributed by atoms with Crippen LogP contribution in [0.1, 0.15) is 31.7 Å². The van der Waals surface area contributed by atoms with Crippen LogP contribution >= 0.6 is 11.6 Å². The highest BCUT2D eigenvalue weighted by Gasteiger charge is 2.17. The molecule has 1 nitrogen and oxygen atoms in total. The van der Waals surface area contributed by atoms with E-state index >= 15 is 0 Å². The molecule has 0 radical (unpaired) electrons. The Morgan fingerprint density at radius 2 is 2.06 bits per heavy atom. The lowest BCUT2D eigenvalue weighted by Gasteiger charge is -2.28. The van der Waals surface area contributed by atoms with E-state index in [4.69, 9.17) is 11.6 Å². The average molecular weight is 238 g/mol. The molecule has 1 aliphatic rings. The summed E-state index contributed by atoms with van der Waals surface area (Å²) in [6, 6.07) is 8.93. The van der Waals surface area contributed by atoms with Gasteiger partial charge in [-0.05, 0) is 55.8 Å². The highest BCUT2D eigenvalue weighted by Crippen LogP contribution is 2.19. The summed E-state index contributed by atoms with van der Waals surface area (Å²) in [6.07, 6.45) is 5.05. The minimum atomic E-state index is 0.708. The summed E-state index contributed by atoms with van der Waals surface area (Å²) in [6.45, 7) is 3.54. The van der Waals surface area contributed by atoms with Gasteiger partial charge in [0.1, 0.15) is 0 Å². The first-order chi connectivity index (χ1) is 7.74. The molecule has 1 N–H and O–H groups in total. The summed E-state index contributed by atoms with van der Waals surface area (Å²) in [5, 5.41) is 4.43. The molecule has 2 unspecified atom stereocenters. The van der Waals surface area contributed by atoms with Crippen LogP contribution < -0.4 is 5.32 Å². The molecule has 1 fully saturated rings. The molecule has 1 heterocycles. The molecule has 2 heteroatoms. The van der Waals surface area contributed by atoms with Gasteiger partial charge in [0.05, 0.1) is 0 Å². The summed E-state index contributed by atoms with van der Waals surface area (Å²) >= 11 is 5.87. The van der Waals surface area contributed by atoms with Crippen LogP contribution in [-0.2, 0) is 6.42 Å². The first-order valence-corrected chi connectivity index (χ1v) is 6.59. The fraction of sp³-hybridized carbons (Fsp3) is 0.571. The summed E-state index contributed by atoms with van der Waals surface area (Å²) in [4.78, 5) is 0. The number of halogens is 1. The third-order valence-electron chi connectivity index (χ3n) is 3.45. The fourth-order valence-corrected chi connectivity index (χ4v) is 2.56. The van der Waals surface area contributed by atoms with Gasteiger partial charge in [0.2, 0.25) is 0 Å². The van der Waals surface area contributed by atoms with E-state index in [0.29, 0.717) is 6.04 Å². The lowest BCUT2D eigenvalue weighted by molar-refractivity contribution is 0.308. The van der Waals surface area contributed by atoms with E-state index in [1.165, 1.54) is 31.4 Å². The van der Waals surface area contributed by atoms with Gasteiger partial charge in [0.25, 0.3) is 0 Å². The lowest BCUT2D eigenvalue weighted by atomic mass is 9.91. The highest BCUT2D eigenvalue weighted by molar-refractivity contribution is 6.30. The molecule has 1 aromatic rings. The fourth-order valence-electron chi connectivity index (χ4n) is 2.43. The third-order valence-corrected chi connectivity index (χ3v) is 3.70. The van der Waals surface area contributed by atoms with E-state index in [1.54, 1.807) is 0 Å². The maximum Gasteiger partial charge on any atom is 0.0406 e. The van der Waals surface area contributed by atoms with Crippen molar-refractivity contribution in [2.24, 2.45) is 5.92 Å². The molecule has 0 bridgehead atoms. The topological polar surface area (TPSA) is 12.0 Å². The molecule has 16 heavy (non-hydrogen) atoms. The second kappa shape index (κ2) is 5.70. The molecule has 2 rings (SSSR count). The molecule has 1 aliphatic heterocycles. The van der Waals surface area contributed by atoms with Crippen LogP contribution in [0.2, 0.25) is 5.02 Å². The van der Waals surface area contributed by atoms with E-state index in [-0.39, 0.29) is 0 Å². The Kier molecular flexibility index (Phi) is 4.25. The summed E-state index contributed by atoms with van der Waals surface area (Å²) in [7, 11) is 0. The molecule has 88 valence electrons. The van der Waals surface area contributed by atoms with Crippen molar-refractivity contribution in [3.05, 3.63) is 34.9 Å². The molecule has 0 saturated carbocycles. The Morgan fingerprint density at radius 3 is 2.75 bits per heavy atom. The van der Waals surface area contributed by atoms with Crippen molar-refractivity contribution in [1.29, 1.82) is 0 Å². The predicted molar refractivity (Wildman–Crippen MR) is 70.0 cm³/mol. The first kappa shape index (κ1) is 11.9. The molecule has 0 spiro atoms. The zero-order valence-corrected chi connectivity index (χ0v) is 10.6. The van der Waals surface area contributed by atoms with E-state index in [1.807, 2.05) is 12.1 Å². The maximum atomic E-state index is 5.87. The Morgan fingerprint density at radius 1 is 1.31 bits per heavy atom. The largest absolute Gasteiger partial charge is 0.314 e. The molecular formula is C14H20ClN. The minimum Gasteiger partial charge on any atom is -0.314 e. The van der Waals surface area contributed by atoms with Gasteiger partial charge in [0.15, 0.2) is 0 Å². The van der Waals surface area contributed by atoms with Gasteiger partial charge in [-0.25, -0.2) is 0 Å². The van der Waals surface area contributed by atoms with Gasteiger partial charge >= 0.3 is 0 Å². The maximum absolute atomic E-state index is 5.87. The normalized spacial score (nSPS) is 25.6. The van der Waals surface area contributed by atoms with Crippen LogP contribution in [0.25, 0.3) is 0 Å². The summed E-state index contributed by atoms with van der Waals surface area (Å²) in [5.74, 6) is 0.886. The number of rotatable bonds is 3. The second-order valence-electron chi connectivity index (χ2n) is 4.95. The Balaban J connectivity index is 1.80. The van der Waals surface area contributed by atoms with Crippen LogP contribution in [0.4, 0.5) is 0 Å². The molecule has 1 saturated heterocycles. The zero-order chi connectivity index (χ0) is 11.4. The smallest absolute Gasteiger partial charge is 0.0406 e. The van der Waals surface area contributed by atoms with Crippen LogP contribution in [0.15, 0.2) is 24.3 Å². The number of hydrogen-bond donors (Lipinski definition) is 1. The van der Waals surface area contributed by atoms with Crippen LogP contribution in [0, 0.1) is 5.92 Å². The van der Waals surface area contributed by atoms with Gasteiger partial charge in [-0.15, -0.1) is 0 Å². The molecule has 0 amide bonds. The van der Waals surface area contributed by atoms with Crippen LogP contribution in [0.3, 0.4) is 0 Å². The highest BCUT2D eigenvalue weighted by atomic mass is 35.5. The number of hydrogen-bond acceptors (Lipinski definition) is 1. The van der Waals surface area contributed by atoms with Gasteiger partial charge in [-0.2, -0.15) is 0 Å². The molecule has 0 aromatic heterocycles. The number of benzene rings is 1. The van der Waals surface area contributed by atoms with Crippen molar-refractivity contribution >= 4 is 11.6 Å². The first-order valence-electron chi connectivity index (χ1n) is 6.22. The monoisotopic (exact) mass is 237 g/mol. The molecule has 0 aliphatic carbocycles.